The second kappa shape index (κ2) is 13.2. The fourth-order valence-electron chi connectivity index (χ4n) is 3.60. The molecule has 0 aromatic heterocycles. The Kier molecular flexibility index (Phi) is 10.6. The molecule has 2 heterocycles. The number of urea groups is 1. The fraction of sp³-hybridized carbons (Fsp3) is 0.833. The van der Waals surface area contributed by atoms with Crippen molar-refractivity contribution in [2.45, 2.75) is 68.3 Å². The molecule has 4 atom stereocenters. The zero-order valence-electron chi connectivity index (χ0n) is 17.1. The molecule has 2 fully saturated rings. The number of carbonyl (C=O) groups is 3. The number of rotatable bonds is 14. The summed E-state index contributed by atoms with van der Waals surface area (Å²) in [4.78, 5) is 37.8. The van der Waals surface area contributed by atoms with Gasteiger partial charge in [-0.25, -0.2) is 4.79 Å². The molecular formula is C18H32N8O3S. The van der Waals surface area contributed by atoms with Gasteiger partial charge in [0.15, 0.2) is 0 Å². The number of unbranched alkanes of at least 4 members (excludes halogenated alkanes) is 2. The average Bonchev–Trinajstić information content (AvgIpc) is 3.27. The lowest BCUT2D eigenvalue weighted by atomic mass is 10.0. The quantitative estimate of drug-likeness (QED) is 0.0879. The standard InChI is InChI=1S/C18H32N8O3S/c19-12(5-3-4-8-23-26-20)17(28)22-10-9-21-15(27)7-2-1-6-14-16-13(11-30-14)24-18(29)25-16/h12-14,16H,1-11,19H2,(H,21,27)(H,22,28)(H2,24,25,29). The summed E-state index contributed by atoms with van der Waals surface area (Å²) in [5.41, 5.74) is 14.0. The number of nitrogens with zero attached hydrogens (tertiary/aromatic N) is 3. The van der Waals surface area contributed by atoms with Crippen molar-refractivity contribution >= 4 is 29.6 Å². The summed E-state index contributed by atoms with van der Waals surface area (Å²) in [7, 11) is 0. The third kappa shape index (κ3) is 8.29. The number of hydrogen-bond acceptors (Lipinski definition) is 6. The first-order chi connectivity index (χ1) is 14.5. The number of amides is 4. The summed E-state index contributed by atoms with van der Waals surface area (Å²) >= 11 is 1.88. The first kappa shape index (κ1) is 24.1. The van der Waals surface area contributed by atoms with Crippen LogP contribution in [0, 0.1) is 0 Å². The van der Waals surface area contributed by atoms with Gasteiger partial charge >= 0.3 is 6.03 Å². The highest BCUT2D eigenvalue weighted by atomic mass is 32.2. The molecular weight excluding hydrogens is 408 g/mol. The highest BCUT2D eigenvalue weighted by Gasteiger charge is 2.42. The first-order valence-corrected chi connectivity index (χ1v) is 11.6. The van der Waals surface area contributed by atoms with Gasteiger partial charge in [0, 0.05) is 42.0 Å². The summed E-state index contributed by atoms with van der Waals surface area (Å²) in [6.45, 7) is 1.12. The van der Waals surface area contributed by atoms with Crippen LogP contribution in [-0.4, -0.2) is 66.6 Å². The van der Waals surface area contributed by atoms with Crippen LogP contribution >= 0.6 is 11.8 Å². The Balaban J connectivity index is 1.45. The predicted molar refractivity (Wildman–Crippen MR) is 116 cm³/mol. The van der Waals surface area contributed by atoms with Crippen LogP contribution in [0.2, 0.25) is 0 Å². The van der Waals surface area contributed by atoms with Crippen molar-refractivity contribution in [2.24, 2.45) is 10.8 Å². The number of thioether (sulfide) groups is 1. The van der Waals surface area contributed by atoms with Crippen LogP contribution < -0.4 is 27.0 Å². The highest BCUT2D eigenvalue weighted by Crippen LogP contribution is 2.33. The van der Waals surface area contributed by atoms with E-state index in [1.54, 1.807) is 0 Å². The molecule has 2 aliphatic rings. The SMILES string of the molecule is [N-]=[N+]=NCCCCC(N)C(=O)NCCNC(=O)CCCCC1SCC2NC(=O)NC21. The molecule has 4 amide bonds. The zero-order chi connectivity index (χ0) is 21.8. The van der Waals surface area contributed by atoms with E-state index in [-0.39, 0.29) is 29.9 Å². The molecule has 168 valence electrons. The van der Waals surface area contributed by atoms with Gasteiger partial charge in [-0.3, -0.25) is 9.59 Å². The predicted octanol–water partition coefficient (Wildman–Crippen LogP) is 0.753. The summed E-state index contributed by atoms with van der Waals surface area (Å²) in [5, 5.41) is 15.3. The minimum absolute atomic E-state index is 0.0283. The molecule has 4 unspecified atom stereocenters. The largest absolute Gasteiger partial charge is 0.354 e. The van der Waals surface area contributed by atoms with E-state index in [4.69, 9.17) is 11.3 Å². The number of nitrogens with two attached hydrogens (primary N) is 1. The van der Waals surface area contributed by atoms with Crippen molar-refractivity contribution < 1.29 is 14.4 Å². The zero-order valence-corrected chi connectivity index (χ0v) is 18.0. The molecule has 2 rings (SSSR count). The number of nitrogens with one attached hydrogen (secondary N) is 4. The minimum Gasteiger partial charge on any atom is -0.354 e. The molecule has 6 N–H and O–H groups in total. The van der Waals surface area contributed by atoms with Crippen molar-refractivity contribution in [1.82, 2.24) is 21.3 Å². The van der Waals surface area contributed by atoms with E-state index in [2.05, 4.69) is 31.3 Å². The van der Waals surface area contributed by atoms with Crippen LogP contribution in [0.3, 0.4) is 0 Å². The third-order valence-corrected chi connectivity index (χ3v) is 6.76. The summed E-state index contributed by atoms with van der Waals surface area (Å²) in [5.74, 6) is 0.674. The van der Waals surface area contributed by atoms with Crippen LogP contribution in [-0.2, 0) is 9.59 Å². The van der Waals surface area contributed by atoms with Crippen molar-refractivity contribution in [3.05, 3.63) is 10.4 Å². The Morgan fingerprint density at radius 2 is 2.03 bits per heavy atom. The monoisotopic (exact) mass is 440 g/mol. The number of fused-ring (bicyclic) bond motifs is 1. The topological polar surface area (TPSA) is 174 Å². The normalized spacial score (nSPS) is 23.0. The lowest BCUT2D eigenvalue weighted by Gasteiger charge is -2.16. The van der Waals surface area contributed by atoms with E-state index in [0.29, 0.717) is 50.6 Å². The molecule has 0 aliphatic carbocycles. The molecule has 0 saturated carbocycles. The van der Waals surface area contributed by atoms with Crippen LogP contribution in [0.5, 0.6) is 0 Å². The van der Waals surface area contributed by atoms with Gasteiger partial charge in [-0.1, -0.05) is 18.0 Å². The summed E-state index contributed by atoms with van der Waals surface area (Å²) in [6, 6.07) is -0.234. The summed E-state index contributed by atoms with van der Waals surface area (Å²) < 4.78 is 0. The number of hydrogen-bond donors (Lipinski definition) is 5. The van der Waals surface area contributed by atoms with Gasteiger partial charge in [-0.05, 0) is 31.2 Å². The van der Waals surface area contributed by atoms with Crippen molar-refractivity contribution in [1.29, 1.82) is 0 Å². The molecule has 0 bridgehead atoms. The first-order valence-electron chi connectivity index (χ1n) is 10.5. The van der Waals surface area contributed by atoms with Gasteiger partial charge in [0.2, 0.25) is 11.8 Å². The maximum atomic E-state index is 11.9. The van der Waals surface area contributed by atoms with Crippen molar-refractivity contribution in [3.8, 4) is 0 Å². The lowest BCUT2D eigenvalue weighted by molar-refractivity contribution is -0.123. The number of carbonyl (C=O) groups excluding carboxylic acids is 3. The molecule has 0 radical (unpaired) electrons. The van der Waals surface area contributed by atoms with E-state index in [1.165, 1.54) is 0 Å². The minimum atomic E-state index is -0.598. The van der Waals surface area contributed by atoms with E-state index >= 15 is 0 Å². The lowest BCUT2D eigenvalue weighted by Crippen LogP contribution is -2.43. The second-order valence-corrected chi connectivity index (χ2v) is 8.84. The molecule has 0 spiro atoms. The van der Waals surface area contributed by atoms with Gasteiger partial charge in [0.25, 0.3) is 0 Å². The third-order valence-electron chi connectivity index (χ3n) is 5.25. The van der Waals surface area contributed by atoms with Gasteiger partial charge < -0.3 is 27.0 Å². The van der Waals surface area contributed by atoms with Gasteiger partial charge in [0.1, 0.15) is 0 Å². The van der Waals surface area contributed by atoms with E-state index < -0.39 is 6.04 Å². The van der Waals surface area contributed by atoms with Crippen LogP contribution in [0.1, 0.15) is 44.9 Å². The number of azide groups is 1. The molecule has 0 aromatic carbocycles. The van der Waals surface area contributed by atoms with Gasteiger partial charge in [-0.15, -0.1) is 0 Å². The Morgan fingerprint density at radius 1 is 1.23 bits per heavy atom. The van der Waals surface area contributed by atoms with Crippen molar-refractivity contribution in [2.75, 3.05) is 25.4 Å². The van der Waals surface area contributed by atoms with Crippen LogP contribution in [0.15, 0.2) is 5.11 Å². The maximum Gasteiger partial charge on any atom is 0.315 e. The van der Waals surface area contributed by atoms with Crippen LogP contribution in [0.4, 0.5) is 4.79 Å². The molecule has 0 aromatic rings. The summed E-state index contributed by atoms with van der Waals surface area (Å²) in [6.07, 6.45) is 5.12. The van der Waals surface area contributed by atoms with E-state index in [1.807, 2.05) is 11.8 Å². The fourth-order valence-corrected chi connectivity index (χ4v) is 5.15. The van der Waals surface area contributed by atoms with E-state index in [0.717, 1.165) is 25.0 Å². The Hall–Kier alpha value is -2.17. The maximum absolute atomic E-state index is 11.9. The molecule has 2 saturated heterocycles. The highest BCUT2D eigenvalue weighted by molar-refractivity contribution is 8.00. The Labute approximate surface area is 180 Å². The molecule has 12 heteroatoms. The Morgan fingerprint density at radius 3 is 2.83 bits per heavy atom. The molecule has 2 aliphatic heterocycles. The van der Waals surface area contributed by atoms with E-state index in [9.17, 15) is 14.4 Å². The van der Waals surface area contributed by atoms with Crippen LogP contribution in [0.25, 0.3) is 10.4 Å². The second-order valence-electron chi connectivity index (χ2n) is 7.57. The van der Waals surface area contributed by atoms with Crippen molar-refractivity contribution in [3.63, 3.8) is 0 Å². The average molecular weight is 441 g/mol. The van der Waals surface area contributed by atoms with Gasteiger partial charge in [0.05, 0.1) is 18.1 Å². The molecule has 30 heavy (non-hydrogen) atoms. The molecule has 11 nitrogen and oxygen atoms in total. The smallest absolute Gasteiger partial charge is 0.315 e. The van der Waals surface area contributed by atoms with Gasteiger partial charge in [-0.2, -0.15) is 11.8 Å². The Bertz CT molecular complexity index is 643.